The lowest BCUT2D eigenvalue weighted by atomic mass is 9.98. The first-order chi connectivity index (χ1) is 15.7. The smallest absolute Gasteiger partial charge is 0.296 e. The van der Waals surface area contributed by atoms with E-state index in [1.165, 1.54) is 4.90 Å². The van der Waals surface area contributed by atoms with Gasteiger partial charge in [0, 0.05) is 6.20 Å². The SMILES string of the molecule is CCCCOc1ccc([C@H]2c3c(oc4ccccc4c3=O)C(=O)N2c2ccccn2)cc1. The molecule has 1 amide bonds. The van der Waals surface area contributed by atoms with Gasteiger partial charge in [0.15, 0.2) is 5.43 Å². The van der Waals surface area contributed by atoms with Gasteiger partial charge >= 0.3 is 0 Å². The van der Waals surface area contributed by atoms with Crippen LogP contribution < -0.4 is 15.1 Å². The Bertz CT molecular complexity index is 1330. The van der Waals surface area contributed by atoms with E-state index in [4.69, 9.17) is 9.15 Å². The number of unbranched alkanes of at least 4 members (excludes halogenated alkanes) is 1. The van der Waals surface area contributed by atoms with E-state index >= 15 is 0 Å². The summed E-state index contributed by atoms with van der Waals surface area (Å²) in [4.78, 5) is 32.8. The largest absolute Gasteiger partial charge is 0.494 e. The number of para-hydroxylation sites is 1. The molecule has 1 aliphatic heterocycles. The van der Waals surface area contributed by atoms with Crippen molar-refractivity contribution >= 4 is 22.7 Å². The summed E-state index contributed by atoms with van der Waals surface area (Å²) in [6.07, 6.45) is 3.66. The highest BCUT2D eigenvalue weighted by atomic mass is 16.5. The van der Waals surface area contributed by atoms with Gasteiger partial charge in [0.1, 0.15) is 17.2 Å². The van der Waals surface area contributed by atoms with Gasteiger partial charge in [-0.05, 0) is 48.4 Å². The van der Waals surface area contributed by atoms with Crippen LogP contribution in [-0.4, -0.2) is 17.5 Å². The lowest BCUT2D eigenvalue weighted by Crippen LogP contribution is -2.30. The lowest BCUT2D eigenvalue weighted by molar-refractivity contribution is 0.0970. The van der Waals surface area contributed by atoms with Crippen molar-refractivity contribution in [2.24, 2.45) is 0 Å². The Morgan fingerprint density at radius 2 is 1.78 bits per heavy atom. The summed E-state index contributed by atoms with van der Waals surface area (Å²) in [5.41, 5.74) is 1.31. The van der Waals surface area contributed by atoms with Crippen LogP contribution in [0.15, 0.2) is 82.1 Å². The zero-order chi connectivity index (χ0) is 22.1. The van der Waals surface area contributed by atoms with Crippen LogP contribution in [0, 0.1) is 0 Å². The quantitative estimate of drug-likeness (QED) is 0.400. The number of anilines is 1. The third-order valence-corrected chi connectivity index (χ3v) is 5.64. The molecule has 1 aliphatic rings. The molecular formula is C26H22N2O4. The molecule has 1 atom stereocenters. The number of hydrogen-bond donors (Lipinski definition) is 0. The number of benzene rings is 2. The van der Waals surface area contributed by atoms with Crippen molar-refractivity contribution in [1.82, 2.24) is 4.98 Å². The maximum Gasteiger partial charge on any atom is 0.296 e. The maximum absolute atomic E-state index is 13.5. The topological polar surface area (TPSA) is 72.6 Å². The van der Waals surface area contributed by atoms with Crippen molar-refractivity contribution in [1.29, 1.82) is 0 Å². The van der Waals surface area contributed by atoms with Crippen molar-refractivity contribution in [3.63, 3.8) is 0 Å². The van der Waals surface area contributed by atoms with Crippen LogP contribution in [0.4, 0.5) is 5.82 Å². The van der Waals surface area contributed by atoms with E-state index in [9.17, 15) is 9.59 Å². The van der Waals surface area contributed by atoms with Gasteiger partial charge < -0.3 is 9.15 Å². The van der Waals surface area contributed by atoms with E-state index in [0.29, 0.717) is 29.0 Å². The highest BCUT2D eigenvalue weighted by molar-refractivity contribution is 6.10. The van der Waals surface area contributed by atoms with Crippen molar-refractivity contribution < 1.29 is 13.9 Å². The Hall–Kier alpha value is -3.93. The molecule has 0 radical (unpaired) electrons. The molecule has 32 heavy (non-hydrogen) atoms. The summed E-state index contributed by atoms with van der Waals surface area (Å²) in [6, 6.07) is 19.2. The third-order valence-electron chi connectivity index (χ3n) is 5.64. The van der Waals surface area contributed by atoms with Crippen molar-refractivity contribution in [2.45, 2.75) is 25.8 Å². The van der Waals surface area contributed by atoms with Crippen molar-refractivity contribution in [3.8, 4) is 5.75 Å². The normalized spacial score (nSPS) is 15.2. The van der Waals surface area contributed by atoms with E-state index in [-0.39, 0.29) is 17.1 Å². The van der Waals surface area contributed by atoms with Gasteiger partial charge in [0.25, 0.3) is 5.91 Å². The van der Waals surface area contributed by atoms with Gasteiger partial charge in [-0.25, -0.2) is 4.98 Å². The maximum atomic E-state index is 13.5. The van der Waals surface area contributed by atoms with E-state index in [0.717, 1.165) is 24.2 Å². The van der Waals surface area contributed by atoms with Gasteiger partial charge in [-0.3, -0.25) is 14.5 Å². The Balaban J connectivity index is 1.66. The summed E-state index contributed by atoms with van der Waals surface area (Å²) in [5.74, 6) is 0.893. The second-order valence-corrected chi connectivity index (χ2v) is 7.71. The van der Waals surface area contributed by atoms with Crippen LogP contribution in [0.5, 0.6) is 5.75 Å². The number of rotatable bonds is 6. The molecule has 6 nitrogen and oxygen atoms in total. The molecule has 0 saturated carbocycles. The Morgan fingerprint density at radius 3 is 2.53 bits per heavy atom. The van der Waals surface area contributed by atoms with Gasteiger partial charge in [-0.2, -0.15) is 0 Å². The fourth-order valence-electron chi connectivity index (χ4n) is 4.05. The fourth-order valence-corrected chi connectivity index (χ4v) is 4.05. The highest BCUT2D eigenvalue weighted by Crippen LogP contribution is 2.40. The number of aromatic nitrogens is 1. The first-order valence-electron chi connectivity index (χ1n) is 10.7. The van der Waals surface area contributed by atoms with Gasteiger partial charge in [-0.15, -0.1) is 0 Å². The van der Waals surface area contributed by atoms with Crippen molar-refractivity contribution in [2.75, 3.05) is 11.5 Å². The second-order valence-electron chi connectivity index (χ2n) is 7.71. The van der Waals surface area contributed by atoms with Crippen LogP contribution in [0.1, 0.15) is 47.5 Å². The molecule has 0 unspecified atom stereocenters. The summed E-state index contributed by atoms with van der Waals surface area (Å²) in [6.45, 7) is 2.76. The Labute approximate surface area is 185 Å². The first-order valence-corrected chi connectivity index (χ1v) is 10.7. The molecule has 6 heteroatoms. The Morgan fingerprint density at radius 1 is 1.00 bits per heavy atom. The number of pyridine rings is 1. The Kier molecular flexibility index (Phi) is 5.19. The number of fused-ring (bicyclic) bond motifs is 2. The van der Waals surface area contributed by atoms with Crippen LogP contribution in [-0.2, 0) is 0 Å². The summed E-state index contributed by atoms with van der Waals surface area (Å²) in [7, 11) is 0. The number of hydrogen-bond acceptors (Lipinski definition) is 5. The van der Waals surface area contributed by atoms with Gasteiger partial charge in [0.05, 0.1) is 23.6 Å². The fraction of sp³-hybridized carbons (Fsp3) is 0.192. The highest BCUT2D eigenvalue weighted by Gasteiger charge is 2.44. The standard InChI is InChI=1S/C26H22N2O4/c1-2-3-16-31-18-13-11-17(12-14-18)23-22-24(29)19-8-4-5-9-20(19)32-25(22)26(30)28(23)21-10-6-7-15-27-21/h4-15,23H,2-3,16H2,1H3/t23-/m0/s1. The molecule has 0 saturated heterocycles. The predicted molar refractivity (Wildman–Crippen MR) is 122 cm³/mol. The molecule has 0 fully saturated rings. The molecule has 5 rings (SSSR count). The van der Waals surface area contributed by atoms with E-state index in [2.05, 4.69) is 11.9 Å². The lowest BCUT2D eigenvalue weighted by Gasteiger charge is -2.24. The predicted octanol–water partition coefficient (Wildman–Crippen LogP) is 5.12. The minimum absolute atomic E-state index is 0.0626. The van der Waals surface area contributed by atoms with E-state index in [1.54, 1.807) is 42.6 Å². The average Bonchev–Trinajstić information content (AvgIpc) is 3.13. The first kappa shape index (κ1) is 20.0. The second kappa shape index (κ2) is 8.30. The molecule has 2 aromatic heterocycles. The van der Waals surface area contributed by atoms with Gasteiger partial charge in [0.2, 0.25) is 5.76 Å². The summed E-state index contributed by atoms with van der Waals surface area (Å²) >= 11 is 0. The molecule has 2 aromatic carbocycles. The summed E-state index contributed by atoms with van der Waals surface area (Å²) < 4.78 is 11.7. The molecule has 0 aliphatic carbocycles. The van der Waals surface area contributed by atoms with Crippen LogP contribution in [0.3, 0.4) is 0 Å². The number of nitrogens with zero attached hydrogens (tertiary/aromatic N) is 2. The number of carbonyl (C=O) groups is 1. The third kappa shape index (κ3) is 3.34. The van der Waals surface area contributed by atoms with Crippen LogP contribution in [0.2, 0.25) is 0 Å². The molecule has 0 spiro atoms. The van der Waals surface area contributed by atoms with E-state index in [1.807, 2.05) is 30.3 Å². The van der Waals surface area contributed by atoms with Gasteiger partial charge in [-0.1, -0.05) is 43.7 Å². The summed E-state index contributed by atoms with van der Waals surface area (Å²) in [5, 5.41) is 0.450. The molecule has 0 N–H and O–H groups in total. The molecular weight excluding hydrogens is 404 g/mol. The zero-order valence-corrected chi connectivity index (χ0v) is 17.7. The number of ether oxygens (including phenoxy) is 1. The van der Waals surface area contributed by atoms with Crippen molar-refractivity contribution in [3.05, 3.63) is 100 Å². The molecule has 0 bridgehead atoms. The molecule has 4 aromatic rings. The molecule has 3 heterocycles. The minimum Gasteiger partial charge on any atom is -0.494 e. The number of amides is 1. The number of carbonyl (C=O) groups excluding carboxylic acids is 1. The molecule has 160 valence electrons. The zero-order valence-electron chi connectivity index (χ0n) is 17.7. The monoisotopic (exact) mass is 426 g/mol. The minimum atomic E-state index is -0.641. The van der Waals surface area contributed by atoms with Crippen LogP contribution in [0.25, 0.3) is 11.0 Å². The van der Waals surface area contributed by atoms with E-state index < -0.39 is 6.04 Å². The van der Waals surface area contributed by atoms with Crippen LogP contribution >= 0.6 is 0 Å². The average molecular weight is 426 g/mol.